The van der Waals surface area contributed by atoms with Gasteiger partial charge in [0.1, 0.15) is 18.5 Å². The normalized spacial score (nSPS) is 14.9. The standard InChI is InChI=1S/C31H47FN2O/c1-2-3-4-11-18-29(32)25-35-30-21-19-28(20-22-30)31-33-23-27(24-34-31)17-10-8-6-5-7-9-14-26-15-12-13-16-26/h19-24,26,29H,2-18,25H2,1H3/t29-/m1/s1. The second-order valence-corrected chi connectivity index (χ2v) is 10.5. The van der Waals surface area contributed by atoms with E-state index in [0.717, 1.165) is 36.6 Å². The van der Waals surface area contributed by atoms with Crippen LogP contribution >= 0.6 is 0 Å². The van der Waals surface area contributed by atoms with Crippen molar-refractivity contribution in [1.82, 2.24) is 9.97 Å². The van der Waals surface area contributed by atoms with Gasteiger partial charge in [-0.1, -0.05) is 96.8 Å². The lowest BCUT2D eigenvalue weighted by atomic mass is 9.99. The third-order valence-corrected chi connectivity index (χ3v) is 7.42. The maximum atomic E-state index is 14.0. The van der Waals surface area contributed by atoms with Crippen LogP contribution in [0.25, 0.3) is 11.4 Å². The molecule has 1 aliphatic carbocycles. The van der Waals surface area contributed by atoms with E-state index in [1.165, 1.54) is 89.0 Å². The number of hydrogen-bond acceptors (Lipinski definition) is 3. The molecule has 0 spiro atoms. The molecule has 0 radical (unpaired) electrons. The van der Waals surface area contributed by atoms with Crippen LogP contribution in [0.4, 0.5) is 4.39 Å². The van der Waals surface area contributed by atoms with Gasteiger partial charge in [0.15, 0.2) is 5.82 Å². The van der Waals surface area contributed by atoms with E-state index < -0.39 is 6.17 Å². The first-order valence-electron chi connectivity index (χ1n) is 14.4. The molecule has 4 heteroatoms. The summed E-state index contributed by atoms with van der Waals surface area (Å²) in [6.07, 6.45) is 24.5. The van der Waals surface area contributed by atoms with Crippen molar-refractivity contribution in [2.75, 3.05) is 6.61 Å². The zero-order chi connectivity index (χ0) is 24.6. The number of aryl methyl sites for hydroxylation is 1. The van der Waals surface area contributed by atoms with Gasteiger partial charge in [0.2, 0.25) is 0 Å². The molecule has 2 aromatic rings. The van der Waals surface area contributed by atoms with Crippen LogP contribution in [0.2, 0.25) is 0 Å². The van der Waals surface area contributed by atoms with E-state index in [4.69, 9.17) is 4.74 Å². The lowest BCUT2D eigenvalue weighted by Crippen LogP contribution is -2.12. The Labute approximate surface area is 213 Å². The lowest BCUT2D eigenvalue weighted by molar-refractivity contribution is 0.184. The van der Waals surface area contributed by atoms with E-state index in [1.807, 2.05) is 36.7 Å². The van der Waals surface area contributed by atoms with Gasteiger partial charge in [0, 0.05) is 18.0 Å². The number of rotatable bonds is 18. The maximum Gasteiger partial charge on any atom is 0.159 e. The van der Waals surface area contributed by atoms with E-state index in [2.05, 4.69) is 16.9 Å². The second-order valence-electron chi connectivity index (χ2n) is 10.5. The van der Waals surface area contributed by atoms with Crippen molar-refractivity contribution in [2.24, 2.45) is 5.92 Å². The number of ether oxygens (including phenoxy) is 1. The minimum absolute atomic E-state index is 0.122. The number of hydrogen-bond donors (Lipinski definition) is 0. The molecule has 1 aromatic carbocycles. The SMILES string of the molecule is CCCCCC[C@@H](F)COc1ccc(-c2ncc(CCCCCCCCC3CCCC3)cn2)cc1. The van der Waals surface area contributed by atoms with Crippen molar-refractivity contribution in [3.05, 3.63) is 42.2 Å². The molecular formula is C31H47FN2O. The molecule has 3 rings (SSSR count). The van der Waals surface area contributed by atoms with Crippen molar-refractivity contribution in [3.63, 3.8) is 0 Å². The highest BCUT2D eigenvalue weighted by Gasteiger charge is 2.13. The lowest BCUT2D eigenvalue weighted by Gasteiger charge is -2.11. The molecule has 1 fully saturated rings. The number of aromatic nitrogens is 2. The molecule has 35 heavy (non-hydrogen) atoms. The highest BCUT2D eigenvalue weighted by molar-refractivity contribution is 5.55. The molecule has 1 aromatic heterocycles. The second kappa shape index (κ2) is 16.7. The zero-order valence-electron chi connectivity index (χ0n) is 22.0. The fraction of sp³-hybridized carbons (Fsp3) is 0.677. The van der Waals surface area contributed by atoms with Crippen molar-refractivity contribution < 1.29 is 9.13 Å². The molecular weight excluding hydrogens is 435 g/mol. The Morgan fingerprint density at radius 3 is 2.23 bits per heavy atom. The smallest absolute Gasteiger partial charge is 0.159 e. The fourth-order valence-corrected chi connectivity index (χ4v) is 5.16. The minimum atomic E-state index is -0.899. The highest BCUT2D eigenvalue weighted by Crippen LogP contribution is 2.29. The summed E-state index contributed by atoms with van der Waals surface area (Å²) in [6, 6.07) is 7.66. The first-order valence-corrected chi connectivity index (χ1v) is 14.4. The van der Waals surface area contributed by atoms with Crippen molar-refractivity contribution >= 4 is 0 Å². The Morgan fingerprint density at radius 2 is 1.51 bits per heavy atom. The first kappa shape index (κ1) is 27.6. The summed E-state index contributed by atoms with van der Waals surface area (Å²) in [5.74, 6) is 2.46. The summed E-state index contributed by atoms with van der Waals surface area (Å²) in [6.45, 7) is 2.29. The van der Waals surface area contributed by atoms with Crippen LogP contribution in [-0.4, -0.2) is 22.7 Å². The predicted molar refractivity (Wildman–Crippen MR) is 145 cm³/mol. The fourth-order valence-electron chi connectivity index (χ4n) is 5.16. The van der Waals surface area contributed by atoms with Gasteiger partial charge in [-0.05, 0) is 55.0 Å². The van der Waals surface area contributed by atoms with Gasteiger partial charge in [-0.25, -0.2) is 14.4 Å². The summed E-state index contributed by atoms with van der Waals surface area (Å²) >= 11 is 0. The number of benzene rings is 1. The van der Waals surface area contributed by atoms with Crippen LogP contribution in [0.15, 0.2) is 36.7 Å². The van der Waals surface area contributed by atoms with Crippen LogP contribution < -0.4 is 4.74 Å². The first-order chi connectivity index (χ1) is 17.2. The Bertz CT molecular complexity index is 787. The molecule has 0 N–H and O–H groups in total. The van der Waals surface area contributed by atoms with Gasteiger partial charge in [-0.3, -0.25) is 0 Å². The third kappa shape index (κ3) is 11.1. The van der Waals surface area contributed by atoms with Gasteiger partial charge in [0.05, 0.1) is 0 Å². The Hall–Kier alpha value is -1.97. The van der Waals surface area contributed by atoms with E-state index in [-0.39, 0.29) is 6.61 Å². The average molecular weight is 483 g/mol. The molecule has 0 unspecified atom stereocenters. The zero-order valence-corrected chi connectivity index (χ0v) is 22.0. The van der Waals surface area contributed by atoms with Gasteiger partial charge in [-0.15, -0.1) is 0 Å². The van der Waals surface area contributed by atoms with Gasteiger partial charge in [0.25, 0.3) is 0 Å². The monoisotopic (exact) mass is 482 g/mol. The number of halogens is 1. The number of nitrogens with zero attached hydrogens (tertiary/aromatic N) is 2. The highest BCUT2D eigenvalue weighted by atomic mass is 19.1. The molecule has 194 valence electrons. The summed E-state index contributed by atoms with van der Waals surface area (Å²) < 4.78 is 19.6. The van der Waals surface area contributed by atoms with E-state index >= 15 is 0 Å². The van der Waals surface area contributed by atoms with E-state index in [9.17, 15) is 4.39 Å². The van der Waals surface area contributed by atoms with Crippen LogP contribution in [0.3, 0.4) is 0 Å². The summed E-state index contributed by atoms with van der Waals surface area (Å²) in [5.41, 5.74) is 2.17. The Balaban J connectivity index is 1.27. The Kier molecular flexibility index (Phi) is 13.1. The Morgan fingerprint density at radius 1 is 0.857 bits per heavy atom. The summed E-state index contributed by atoms with van der Waals surface area (Å²) in [5, 5.41) is 0. The molecule has 0 amide bonds. The van der Waals surface area contributed by atoms with E-state index in [0.29, 0.717) is 12.2 Å². The number of alkyl halides is 1. The predicted octanol–water partition coefficient (Wildman–Crippen LogP) is 9.29. The van der Waals surface area contributed by atoms with Crippen LogP contribution in [0.5, 0.6) is 5.75 Å². The summed E-state index contributed by atoms with van der Waals surface area (Å²) in [7, 11) is 0. The molecule has 1 saturated carbocycles. The van der Waals surface area contributed by atoms with Crippen molar-refractivity contribution in [2.45, 2.75) is 122 Å². The molecule has 1 heterocycles. The molecule has 0 bridgehead atoms. The van der Waals surface area contributed by atoms with Gasteiger partial charge < -0.3 is 4.74 Å². The molecule has 0 aliphatic heterocycles. The third-order valence-electron chi connectivity index (χ3n) is 7.42. The molecule has 0 saturated heterocycles. The van der Waals surface area contributed by atoms with Crippen LogP contribution in [0.1, 0.15) is 115 Å². The van der Waals surface area contributed by atoms with Crippen molar-refractivity contribution in [3.8, 4) is 17.1 Å². The number of unbranched alkanes of at least 4 members (excludes halogenated alkanes) is 8. The molecule has 3 nitrogen and oxygen atoms in total. The quantitative estimate of drug-likeness (QED) is 0.199. The minimum Gasteiger partial charge on any atom is -0.491 e. The molecule has 1 aliphatic rings. The average Bonchev–Trinajstić information content (AvgIpc) is 3.41. The van der Waals surface area contributed by atoms with Gasteiger partial charge in [-0.2, -0.15) is 0 Å². The molecule has 1 atom stereocenters. The topological polar surface area (TPSA) is 35.0 Å². The van der Waals surface area contributed by atoms with Gasteiger partial charge >= 0.3 is 0 Å². The van der Waals surface area contributed by atoms with Crippen molar-refractivity contribution in [1.29, 1.82) is 0 Å². The maximum absolute atomic E-state index is 14.0. The van der Waals surface area contributed by atoms with E-state index in [1.54, 1.807) is 0 Å². The summed E-state index contributed by atoms with van der Waals surface area (Å²) in [4.78, 5) is 9.13. The van der Waals surface area contributed by atoms with Crippen LogP contribution in [0, 0.1) is 5.92 Å². The largest absolute Gasteiger partial charge is 0.491 e. The van der Waals surface area contributed by atoms with Crippen LogP contribution in [-0.2, 0) is 6.42 Å².